The number of rotatable bonds is 8. The van der Waals surface area contributed by atoms with E-state index in [0.29, 0.717) is 17.4 Å². The fourth-order valence-electron chi connectivity index (χ4n) is 2.40. The first kappa shape index (κ1) is 20.6. The molecule has 0 spiro atoms. The van der Waals surface area contributed by atoms with Gasteiger partial charge in [0.25, 0.3) is 5.91 Å². The average Bonchev–Trinajstić information content (AvgIpc) is 2.66. The number of benzene rings is 1. The van der Waals surface area contributed by atoms with Gasteiger partial charge in [-0.3, -0.25) is 4.79 Å². The summed E-state index contributed by atoms with van der Waals surface area (Å²) < 4.78 is 4.76. The molecular formula is C19H23ClN4O3. The number of nitrogens with zero attached hydrogens (tertiary/aromatic N) is 2. The predicted octanol–water partition coefficient (Wildman–Crippen LogP) is 2.90. The maximum absolute atomic E-state index is 11.4. The Labute approximate surface area is 163 Å². The molecule has 0 radical (unpaired) electrons. The standard InChI is InChI=1S/C19H23ClN4O3/c1-13-23-16(11-17(24-13)14-6-8-15(20)9-7-14)5-3-4-10-22-19(26)27-12-18(25)21-2/h6-9,11H,3-5,10,12H2,1-2H3,(H,21,25)(H,22,26). The van der Waals surface area contributed by atoms with E-state index in [4.69, 9.17) is 16.3 Å². The van der Waals surface area contributed by atoms with Crippen molar-refractivity contribution in [2.75, 3.05) is 20.2 Å². The third-order valence-corrected chi connectivity index (χ3v) is 4.03. The molecule has 144 valence electrons. The van der Waals surface area contributed by atoms with E-state index in [9.17, 15) is 9.59 Å². The minimum absolute atomic E-state index is 0.282. The van der Waals surface area contributed by atoms with Crippen LogP contribution in [0.1, 0.15) is 24.4 Å². The zero-order valence-corrected chi connectivity index (χ0v) is 16.2. The number of carbonyl (C=O) groups is 2. The largest absolute Gasteiger partial charge is 0.439 e. The second-order valence-corrected chi connectivity index (χ2v) is 6.37. The van der Waals surface area contributed by atoms with Crippen LogP contribution in [-0.4, -0.2) is 42.2 Å². The minimum atomic E-state index is -0.596. The number of nitrogens with one attached hydrogen (secondary N) is 2. The van der Waals surface area contributed by atoms with Gasteiger partial charge in [0.05, 0.1) is 5.69 Å². The third kappa shape index (κ3) is 7.22. The van der Waals surface area contributed by atoms with E-state index in [1.54, 1.807) is 0 Å². The lowest BCUT2D eigenvalue weighted by Gasteiger charge is -2.08. The van der Waals surface area contributed by atoms with Crippen molar-refractivity contribution in [3.05, 3.63) is 46.9 Å². The number of aromatic nitrogens is 2. The van der Waals surface area contributed by atoms with Gasteiger partial charge in [-0.2, -0.15) is 0 Å². The van der Waals surface area contributed by atoms with Gasteiger partial charge in [-0.1, -0.05) is 23.7 Å². The van der Waals surface area contributed by atoms with E-state index < -0.39 is 6.09 Å². The predicted molar refractivity (Wildman–Crippen MR) is 104 cm³/mol. The van der Waals surface area contributed by atoms with Crippen molar-refractivity contribution < 1.29 is 14.3 Å². The number of alkyl carbamates (subject to hydrolysis) is 1. The summed E-state index contributed by atoms with van der Waals surface area (Å²) in [6, 6.07) is 9.51. The van der Waals surface area contributed by atoms with Crippen LogP contribution in [0.25, 0.3) is 11.3 Å². The molecule has 2 aromatic rings. The topological polar surface area (TPSA) is 93.2 Å². The number of carbonyl (C=O) groups excluding carboxylic acids is 2. The van der Waals surface area contributed by atoms with Gasteiger partial charge in [0.2, 0.25) is 0 Å². The highest BCUT2D eigenvalue weighted by Crippen LogP contribution is 2.21. The average molecular weight is 391 g/mol. The quantitative estimate of drug-likeness (QED) is 0.676. The Morgan fingerprint density at radius 3 is 2.59 bits per heavy atom. The van der Waals surface area contributed by atoms with Gasteiger partial charge in [-0.05, 0) is 44.4 Å². The molecule has 8 heteroatoms. The lowest BCUT2D eigenvalue weighted by molar-refractivity contribution is -0.123. The zero-order valence-electron chi connectivity index (χ0n) is 15.4. The van der Waals surface area contributed by atoms with Crippen LogP contribution in [0.15, 0.2) is 30.3 Å². The number of halogens is 1. The summed E-state index contributed by atoms with van der Waals surface area (Å²) in [5, 5.41) is 5.68. The van der Waals surface area contributed by atoms with Crippen molar-refractivity contribution in [3.8, 4) is 11.3 Å². The third-order valence-electron chi connectivity index (χ3n) is 3.77. The number of amides is 2. The highest BCUT2D eigenvalue weighted by Gasteiger charge is 2.07. The van der Waals surface area contributed by atoms with Crippen LogP contribution in [0.5, 0.6) is 0 Å². The van der Waals surface area contributed by atoms with Gasteiger partial charge in [0.15, 0.2) is 6.61 Å². The Kier molecular flexibility index (Phi) is 8.00. The molecule has 2 rings (SSSR count). The van der Waals surface area contributed by atoms with Crippen molar-refractivity contribution in [1.82, 2.24) is 20.6 Å². The summed E-state index contributed by atoms with van der Waals surface area (Å²) in [7, 11) is 1.48. The molecule has 1 aromatic heterocycles. The smallest absolute Gasteiger partial charge is 0.407 e. The first-order valence-corrected chi connectivity index (χ1v) is 9.07. The van der Waals surface area contributed by atoms with E-state index >= 15 is 0 Å². The van der Waals surface area contributed by atoms with Crippen LogP contribution in [0.4, 0.5) is 4.79 Å². The van der Waals surface area contributed by atoms with Gasteiger partial charge in [-0.25, -0.2) is 14.8 Å². The Hall–Kier alpha value is -2.67. The van der Waals surface area contributed by atoms with Gasteiger partial charge in [0.1, 0.15) is 5.82 Å². The molecule has 0 aliphatic heterocycles. The molecule has 0 unspecified atom stereocenters. The van der Waals surface area contributed by atoms with Gasteiger partial charge < -0.3 is 15.4 Å². The molecule has 0 saturated carbocycles. The molecular weight excluding hydrogens is 368 g/mol. The van der Waals surface area contributed by atoms with E-state index in [0.717, 1.165) is 36.2 Å². The molecule has 0 fully saturated rings. The molecule has 0 saturated heterocycles. The summed E-state index contributed by atoms with van der Waals surface area (Å²) in [5.41, 5.74) is 2.81. The van der Waals surface area contributed by atoms with Crippen LogP contribution < -0.4 is 10.6 Å². The minimum Gasteiger partial charge on any atom is -0.439 e. The second kappa shape index (κ2) is 10.5. The normalized spacial score (nSPS) is 10.3. The zero-order chi connectivity index (χ0) is 19.6. The molecule has 0 atom stereocenters. The van der Waals surface area contributed by atoms with Gasteiger partial charge >= 0.3 is 6.09 Å². The highest BCUT2D eigenvalue weighted by molar-refractivity contribution is 6.30. The fourth-order valence-corrected chi connectivity index (χ4v) is 2.53. The second-order valence-electron chi connectivity index (χ2n) is 5.93. The van der Waals surface area contributed by atoms with E-state index in [1.165, 1.54) is 7.05 Å². The first-order valence-electron chi connectivity index (χ1n) is 8.69. The van der Waals surface area contributed by atoms with Crippen LogP contribution in [-0.2, 0) is 16.0 Å². The summed E-state index contributed by atoms with van der Waals surface area (Å²) >= 11 is 5.93. The van der Waals surface area contributed by atoms with Crippen LogP contribution in [0.2, 0.25) is 5.02 Å². The van der Waals surface area contributed by atoms with Crippen molar-refractivity contribution in [2.24, 2.45) is 0 Å². The molecule has 2 N–H and O–H groups in total. The molecule has 0 aliphatic rings. The summed E-state index contributed by atoms with van der Waals surface area (Å²) in [6.45, 7) is 2.06. The monoisotopic (exact) mass is 390 g/mol. The molecule has 2 amide bonds. The first-order chi connectivity index (χ1) is 13.0. The Balaban J connectivity index is 1.78. The number of unbranched alkanes of at least 4 members (excludes halogenated alkanes) is 1. The molecule has 1 heterocycles. The SMILES string of the molecule is CNC(=O)COC(=O)NCCCCc1cc(-c2ccc(Cl)cc2)nc(C)n1. The molecule has 0 aliphatic carbocycles. The Bertz CT molecular complexity index is 781. The van der Waals surface area contributed by atoms with Crippen LogP contribution in [0, 0.1) is 6.92 Å². The van der Waals surface area contributed by atoms with Crippen molar-refractivity contribution >= 4 is 23.6 Å². The molecule has 7 nitrogen and oxygen atoms in total. The Morgan fingerprint density at radius 1 is 1.15 bits per heavy atom. The lowest BCUT2D eigenvalue weighted by atomic mass is 10.1. The van der Waals surface area contributed by atoms with Gasteiger partial charge in [-0.15, -0.1) is 0 Å². The maximum atomic E-state index is 11.4. The van der Waals surface area contributed by atoms with Crippen molar-refractivity contribution in [2.45, 2.75) is 26.2 Å². The van der Waals surface area contributed by atoms with Crippen molar-refractivity contribution in [1.29, 1.82) is 0 Å². The maximum Gasteiger partial charge on any atom is 0.407 e. The molecule has 27 heavy (non-hydrogen) atoms. The summed E-state index contributed by atoms with van der Waals surface area (Å²) in [6.07, 6.45) is 1.81. The number of likely N-dealkylation sites (N-methyl/N-ethyl adjacent to an activating group) is 1. The number of hydrogen-bond acceptors (Lipinski definition) is 5. The Morgan fingerprint density at radius 2 is 1.89 bits per heavy atom. The van der Waals surface area contributed by atoms with Gasteiger partial charge in [0, 0.05) is 29.9 Å². The number of aryl methyl sites for hydroxylation is 2. The fraction of sp³-hybridized carbons (Fsp3) is 0.368. The number of hydrogen-bond donors (Lipinski definition) is 2. The molecule has 1 aromatic carbocycles. The van der Waals surface area contributed by atoms with Crippen LogP contribution >= 0.6 is 11.6 Å². The van der Waals surface area contributed by atoms with E-state index in [2.05, 4.69) is 20.6 Å². The number of ether oxygens (including phenoxy) is 1. The lowest BCUT2D eigenvalue weighted by Crippen LogP contribution is -2.31. The van der Waals surface area contributed by atoms with E-state index in [1.807, 2.05) is 37.3 Å². The summed E-state index contributed by atoms with van der Waals surface area (Å²) in [5.74, 6) is 0.370. The van der Waals surface area contributed by atoms with Crippen molar-refractivity contribution in [3.63, 3.8) is 0 Å². The summed E-state index contributed by atoms with van der Waals surface area (Å²) in [4.78, 5) is 31.4. The highest BCUT2D eigenvalue weighted by atomic mass is 35.5. The van der Waals surface area contributed by atoms with Crippen LogP contribution in [0.3, 0.4) is 0 Å². The van der Waals surface area contributed by atoms with E-state index in [-0.39, 0.29) is 12.5 Å². The molecule has 0 bridgehead atoms.